The van der Waals surface area contributed by atoms with E-state index in [4.69, 9.17) is 9.47 Å². The smallest absolute Gasteiger partial charge is 0.270 e. The number of nitrogens with one attached hydrogen (secondary N) is 2. The summed E-state index contributed by atoms with van der Waals surface area (Å²) in [6.07, 6.45) is 0. The Labute approximate surface area is 158 Å². The lowest BCUT2D eigenvalue weighted by Gasteiger charge is -2.18. The number of carbonyl (C=O) groups excluding carboxylic acids is 2. The molecule has 0 fully saturated rings. The van der Waals surface area contributed by atoms with Gasteiger partial charge in [0.05, 0.1) is 10.7 Å². The zero-order chi connectivity index (χ0) is 19.2. The van der Waals surface area contributed by atoms with Gasteiger partial charge in [0, 0.05) is 22.6 Å². The number of hydrogen-bond donors (Lipinski definition) is 2. The van der Waals surface area contributed by atoms with Crippen LogP contribution in [0.5, 0.6) is 11.5 Å². The summed E-state index contributed by atoms with van der Waals surface area (Å²) in [4.78, 5) is 34.8. The van der Waals surface area contributed by atoms with Gasteiger partial charge >= 0.3 is 0 Å². The number of benzene rings is 2. The average molecular weight is 389 g/mol. The molecule has 2 N–H and O–H groups in total. The predicted molar refractivity (Wildman–Crippen MR) is 96.9 cm³/mol. The van der Waals surface area contributed by atoms with Crippen LogP contribution in [0.4, 0.5) is 5.69 Å². The van der Waals surface area contributed by atoms with Crippen molar-refractivity contribution < 1.29 is 24.0 Å². The summed E-state index contributed by atoms with van der Waals surface area (Å²) in [5.41, 5.74) is 4.38. The Morgan fingerprint density at radius 3 is 2.63 bits per heavy atom. The molecule has 2 aromatic carbocycles. The van der Waals surface area contributed by atoms with Crippen molar-refractivity contribution in [2.45, 2.75) is 4.90 Å². The monoisotopic (exact) mass is 389 g/mol. The summed E-state index contributed by atoms with van der Waals surface area (Å²) < 4.78 is 10.9. The fourth-order valence-corrected chi connectivity index (χ4v) is 2.98. The lowest BCUT2D eigenvalue weighted by atomic mass is 10.2. The SMILES string of the molecule is O=C(CSc1ccc2c(c1)OCCO2)NNC(=O)c1cccc([N+](=O)[O-])c1. The first-order valence-electron chi connectivity index (χ1n) is 7.89. The van der Waals surface area contributed by atoms with Crippen molar-refractivity contribution in [2.24, 2.45) is 0 Å². The Balaban J connectivity index is 1.49. The predicted octanol–water partition coefficient (Wildman–Crippen LogP) is 1.92. The van der Waals surface area contributed by atoms with Crippen LogP contribution in [-0.4, -0.2) is 35.7 Å². The van der Waals surface area contributed by atoms with Crippen LogP contribution in [-0.2, 0) is 4.79 Å². The third kappa shape index (κ3) is 4.88. The fraction of sp³-hybridized carbons (Fsp3) is 0.176. The van der Waals surface area contributed by atoms with E-state index in [1.54, 1.807) is 12.1 Å². The second-order valence-electron chi connectivity index (χ2n) is 5.40. The molecule has 0 atom stereocenters. The van der Waals surface area contributed by atoms with Crippen molar-refractivity contribution in [2.75, 3.05) is 19.0 Å². The number of rotatable bonds is 5. The number of hydrogen-bond acceptors (Lipinski definition) is 7. The van der Waals surface area contributed by atoms with Gasteiger partial charge in [0.15, 0.2) is 11.5 Å². The van der Waals surface area contributed by atoms with Crippen molar-refractivity contribution in [1.29, 1.82) is 0 Å². The first kappa shape index (κ1) is 18.5. The number of amides is 2. The van der Waals surface area contributed by atoms with Crippen LogP contribution in [0.25, 0.3) is 0 Å². The number of non-ortho nitro benzene ring substituents is 1. The van der Waals surface area contributed by atoms with E-state index < -0.39 is 16.7 Å². The molecule has 0 saturated heterocycles. The van der Waals surface area contributed by atoms with Gasteiger partial charge in [-0.05, 0) is 24.3 Å². The molecule has 1 aliphatic rings. The van der Waals surface area contributed by atoms with Gasteiger partial charge in [0.2, 0.25) is 5.91 Å². The summed E-state index contributed by atoms with van der Waals surface area (Å²) >= 11 is 1.27. The number of nitro benzene ring substituents is 1. The Hall–Kier alpha value is -3.27. The molecule has 140 valence electrons. The molecule has 1 heterocycles. The number of nitrogens with zero attached hydrogens (tertiary/aromatic N) is 1. The fourth-order valence-electron chi connectivity index (χ4n) is 2.26. The van der Waals surface area contributed by atoms with E-state index >= 15 is 0 Å². The van der Waals surface area contributed by atoms with Gasteiger partial charge in [-0.3, -0.25) is 30.6 Å². The maximum absolute atomic E-state index is 12.0. The van der Waals surface area contributed by atoms with Crippen LogP contribution in [0.15, 0.2) is 47.4 Å². The highest BCUT2D eigenvalue weighted by Crippen LogP contribution is 2.34. The zero-order valence-electron chi connectivity index (χ0n) is 14.0. The van der Waals surface area contributed by atoms with Gasteiger partial charge in [0.25, 0.3) is 11.6 Å². The topological polar surface area (TPSA) is 120 Å². The first-order chi connectivity index (χ1) is 13.0. The molecule has 0 spiro atoms. The van der Waals surface area contributed by atoms with E-state index in [2.05, 4.69) is 10.9 Å². The third-order valence-electron chi connectivity index (χ3n) is 3.52. The molecular weight excluding hydrogens is 374 g/mol. The quantitative estimate of drug-likeness (QED) is 0.455. The zero-order valence-corrected chi connectivity index (χ0v) is 14.8. The summed E-state index contributed by atoms with van der Waals surface area (Å²) in [7, 11) is 0. The first-order valence-corrected chi connectivity index (χ1v) is 8.87. The second kappa shape index (κ2) is 8.41. The summed E-state index contributed by atoms with van der Waals surface area (Å²) in [6, 6.07) is 10.6. The van der Waals surface area contributed by atoms with Crippen molar-refractivity contribution in [3.8, 4) is 11.5 Å². The summed E-state index contributed by atoms with van der Waals surface area (Å²) in [5.74, 6) is 0.296. The number of thioether (sulfide) groups is 1. The Morgan fingerprint density at radius 1 is 1.07 bits per heavy atom. The highest BCUT2D eigenvalue weighted by molar-refractivity contribution is 8.00. The maximum Gasteiger partial charge on any atom is 0.270 e. The van der Waals surface area contributed by atoms with E-state index in [-0.39, 0.29) is 17.0 Å². The molecule has 9 nitrogen and oxygen atoms in total. The van der Waals surface area contributed by atoms with Gasteiger partial charge in [-0.2, -0.15) is 0 Å². The minimum absolute atomic E-state index is 0.0643. The number of carbonyl (C=O) groups is 2. The van der Waals surface area contributed by atoms with Crippen LogP contribution in [0.2, 0.25) is 0 Å². The highest BCUT2D eigenvalue weighted by atomic mass is 32.2. The number of nitro groups is 1. The van der Waals surface area contributed by atoms with Crippen LogP contribution < -0.4 is 20.3 Å². The minimum atomic E-state index is -0.642. The van der Waals surface area contributed by atoms with E-state index in [9.17, 15) is 19.7 Å². The van der Waals surface area contributed by atoms with E-state index in [0.717, 1.165) is 11.0 Å². The van der Waals surface area contributed by atoms with Gasteiger partial charge in [-0.1, -0.05) is 6.07 Å². The molecule has 2 amide bonds. The van der Waals surface area contributed by atoms with E-state index in [1.807, 2.05) is 6.07 Å². The van der Waals surface area contributed by atoms with Gasteiger partial charge in [0.1, 0.15) is 13.2 Å². The molecule has 0 aromatic heterocycles. The lowest BCUT2D eigenvalue weighted by Crippen LogP contribution is -2.42. The molecule has 10 heteroatoms. The van der Waals surface area contributed by atoms with Crippen LogP contribution in [0.3, 0.4) is 0 Å². The molecule has 0 saturated carbocycles. The van der Waals surface area contributed by atoms with Gasteiger partial charge in [-0.25, -0.2) is 0 Å². The molecular formula is C17H15N3O6S. The lowest BCUT2D eigenvalue weighted by molar-refractivity contribution is -0.384. The molecule has 27 heavy (non-hydrogen) atoms. The summed E-state index contributed by atoms with van der Waals surface area (Å²) in [6.45, 7) is 0.984. The molecule has 1 aliphatic heterocycles. The van der Waals surface area contributed by atoms with E-state index in [0.29, 0.717) is 24.7 Å². The molecule has 0 unspecified atom stereocenters. The van der Waals surface area contributed by atoms with Crippen molar-refractivity contribution in [1.82, 2.24) is 10.9 Å². The van der Waals surface area contributed by atoms with Crippen LogP contribution in [0, 0.1) is 10.1 Å². The second-order valence-corrected chi connectivity index (χ2v) is 6.45. The third-order valence-corrected chi connectivity index (χ3v) is 4.51. The number of hydrazine groups is 1. The van der Waals surface area contributed by atoms with Gasteiger partial charge < -0.3 is 9.47 Å². The molecule has 3 rings (SSSR count). The van der Waals surface area contributed by atoms with Crippen LogP contribution >= 0.6 is 11.8 Å². The maximum atomic E-state index is 12.0. The molecule has 0 aliphatic carbocycles. The van der Waals surface area contributed by atoms with Crippen molar-refractivity contribution in [3.63, 3.8) is 0 Å². The van der Waals surface area contributed by atoms with E-state index in [1.165, 1.54) is 30.0 Å². The van der Waals surface area contributed by atoms with Crippen molar-refractivity contribution >= 4 is 29.3 Å². The minimum Gasteiger partial charge on any atom is -0.486 e. The standard InChI is InChI=1S/C17H15N3O6S/c21-16(10-27-13-4-5-14-15(9-13)26-7-6-25-14)18-19-17(22)11-2-1-3-12(8-11)20(23)24/h1-5,8-9H,6-7,10H2,(H,18,21)(H,19,22). The molecule has 2 aromatic rings. The Kier molecular flexibility index (Phi) is 5.77. The Morgan fingerprint density at radius 2 is 1.85 bits per heavy atom. The normalized spacial score (nSPS) is 12.1. The molecule has 0 bridgehead atoms. The van der Waals surface area contributed by atoms with Crippen molar-refractivity contribution in [3.05, 3.63) is 58.1 Å². The van der Waals surface area contributed by atoms with Crippen LogP contribution in [0.1, 0.15) is 10.4 Å². The molecule has 0 radical (unpaired) electrons. The average Bonchev–Trinajstić information content (AvgIpc) is 2.70. The largest absolute Gasteiger partial charge is 0.486 e. The Bertz CT molecular complexity index is 889. The highest BCUT2D eigenvalue weighted by Gasteiger charge is 2.14. The summed E-state index contributed by atoms with van der Waals surface area (Å²) in [5, 5.41) is 10.7. The number of fused-ring (bicyclic) bond motifs is 1. The van der Waals surface area contributed by atoms with Gasteiger partial charge in [-0.15, -0.1) is 11.8 Å². The number of ether oxygens (including phenoxy) is 2.